The van der Waals surface area contributed by atoms with E-state index in [4.69, 9.17) is 13.9 Å². The number of rotatable bonds is 10. The van der Waals surface area contributed by atoms with Crippen LogP contribution in [0.1, 0.15) is 26.7 Å². The summed E-state index contributed by atoms with van der Waals surface area (Å²) in [5.41, 5.74) is 1.97. The molecule has 2 aromatic rings. The number of carbonyl (C=O) groups excluding carboxylic acids is 2. The van der Waals surface area contributed by atoms with Gasteiger partial charge in [-0.05, 0) is 43.1 Å². The molecule has 0 unspecified atom stereocenters. The summed E-state index contributed by atoms with van der Waals surface area (Å²) in [4.78, 5) is 20.8. The lowest BCUT2D eigenvalue weighted by atomic mass is 10.2. The quantitative estimate of drug-likeness (QED) is 0.387. The van der Waals surface area contributed by atoms with E-state index in [1.165, 1.54) is 0 Å². The Labute approximate surface area is 199 Å². The Bertz CT molecular complexity index is 797. The summed E-state index contributed by atoms with van der Waals surface area (Å²) >= 11 is 0. The Morgan fingerprint density at radius 3 is 2.26 bits per heavy atom. The number of alkyl halides is 2. The van der Waals surface area contributed by atoms with Crippen LogP contribution in [0.2, 0.25) is 0 Å². The number of aldehydes is 2. The number of nitrogens with zero attached hydrogens (tertiary/aromatic N) is 3. The Morgan fingerprint density at radius 2 is 1.76 bits per heavy atom. The molecule has 3 rings (SSSR count). The van der Waals surface area contributed by atoms with Crippen molar-refractivity contribution >= 4 is 24.3 Å². The average Bonchev–Trinajstić information content (AvgIpc) is 3.32. The molecule has 1 aliphatic heterocycles. The molecule has 1 fully saturated rings. The molecule has 0 bridgehead atoms. The molecule has 0 saturated carbocycles. The van der Waals surface area contributed by atoms with Crippen molar-refractivity contribution in [2.45, 2.75) is 33.1 Å². The van der Waals surface area contributed by atoms with Crippen LogP contribution >= 0.6 is 0 Å². The van der Waals surface area contributed by atoms with E-state index in [1.807, 2.05) is 45.2 Å². The van der Waals surface area contributed by atoms with Crippen LogP contribution in [-0.2, 0) is 14.3 Å². The van der Waals surface area contributed by atoms with Gasteiger partial charge in [-0.1, -0.05) is 18.9 Å². The second kappa shape index (κ2) is 17.5. The van der Waals surface area contributed by atoms with Gasteiger partial charge in [-0.15, -0.1) is 5.10 Å². The van der Waals surface area contributed by atoms with Crippen molar-refractivity contribution in [3.63, 3.8) is 0 Å². The van der Waals surface area contributed by atoms with E-state index < -0.39 is 12.7 Å². The van der Waals surface area contributed by atoms with Gasteiger partial charge in [-0.3, -0.25) is 9.69 Å². The molecule has 9 nitrogen and oxygen atoms in total. The first-order valence-corrected chi connectivity index (χ1v) is 11.2. The minimum absolute atomic E-state index is 0.417. The highest BCUT2D eigenvalue weighted by Crippen LogP contribution is 2.21. The zero-order valence-corrected chi connectivity index (χ0v) is 20.0. The molecule has 1 aliphatic rings. The van der Waals surface area contributed by atoms with Crippen LogP contribution in [0.5, 0.6) is 0 Å². The van der Waals surface area contributed by atoms with E-state index in [9.17, 15) is 13.6 Å². The van der Waals surface area contributed by atoms with Crippen LogP contribution in [0.15, 0.2) is 28.7 Å². The fourth-order valence-electron chi connectivity index (χ4n) is 2.71. The number of benzene rings is 1. The topological polar surface area (TPSA) is 110 Å². The first-order valence-electron chi connectivity index (χ1n) is 11.2. The lowest BCUT2D eigenvalue weighted by molar-refractivity contribution is -0.116. The third-order valence-electron chi connectivity index (χ3n) is 4.55. The van der Waals surface area contributed by atoms with Crippen molar-refractivity contribution in [3.8, 4) is 11.5 Å². The number of ether oxygens (including phenoxy) is 1. The van der Waals surface area contributed by atoms with Gasteiger partial charge in [0, 0.05) is 44.4 Å². The smallest absolute Gasteiger partial charge is 0.315 e. The highest BCUT2D eigenvalue weighted by Gasteiger charge is 2.10. The van der Waals surface area contributed by atoms with E-state index in [-0.39, 0.29) is 0 Å². The Kier molecular flexibility index (Phi) is 15.0. The second-order valence-corrected chi connectivity index (χ2v) is 7.74. The van der Waals surface area contributed by atoms with Crippen LogP contribution in [-0.4, -0.2) is 80.5 Å². The summed E-state index contributed by atoms with van der Waals surface area (Å²) in [5.74, 6) is 1.06. The van der Waals surface area contributed by atoms with Crippen molar-refractivity contribution in [1.82, 2.24) is 15.1 Å². The Balaban J connectivity index is 0.000000440. The maximum Gasteiger partial charge on any atom is 0.315 e. The van der Waals surface area contributed by atoms with Crippen LogP contribution in [0.25, 0.3) is 11.5 Å². The van der Waals surface area contributed by atoms with E-state index in [1.54, 1.807) is 0 Å². The van der Waals surface area contributed by atoms with E-state index >= 15 is 0 Å². The SMILES string of the molecule is CC(C)CC=O.CNc1ccc(-c2nnc(NCCCN3CCOCC3)o2)cc1.O=CC(F)F. The summed E-state index contributed by atoms with van der Waals surface area (Å²) in [6, 6.07) is 8.35. The summed E-state index contributed by atoms with van der Waals surface area (Å²) in [7, 11) is 1.89. The molecular formula is C23H35F2N5O4. The number of hydrogen-bond acceptors (Lipinski definition) is 9. The molecule has 34 heavy (non-hydrogen) atoms. The maximum absolute atomic E-state index is 10.4. The summed E-state index contributed by atoms with van der Waals surface area (Å²) in [6.45, 7) is 9.64. The number of nitrogens with one attached hydrogen (secondary N) is 2. The fourth-order valence-corrected chi connectivity index (χ4v) is 2.71. The number of anilines is 2. The molecule has 1 saturated heterocycles. The third-order valence-corrected chi connectivity index (χ3v) is 4.55. The lowest BCUT2D eigenvalue weighted by Crippen LogP contribution is -2.37. The first-order chi connectivity index (χ1) is 16.4. The maximum atomic E-state index is 10.4. The van der Waals surface area contributed by atoms with Crippen molar-refractivity contribution in [2.24, 2.45) is 5.92 Å². The first kappa shape index (κ1) is 29.1. The largest absolute Gasteiger partial charge is 0.403 e. The number of morpholine rings is 1. The van der Waals surface area contributed by atoms with Crippen molar-refractivity contribution < 1.29 is 27.5 Å². The monoisotopic (exact) mass is 483 g/mol. The predicted molar refractivity (Wildman–Crippen MR) is 127 cm³/mol. The minimum Gasteiger partial charge on any atom is -0.403 e. The average molecular weight is 484 g/mol. The van der Waals surface area contributed by atoms with Gasteiger partial charge < -0.3 is 24.6 Å². The highest BCUT2D eigenvalue weighted by atomic mass is 19.3. The van der Waals surface area contributed by atoms with Gasteiger partial charge >= 0.3 is 6.01 Å². The summed E-state index contributed by atoms with van der Waals surface area (Å²) in [5, 5.41) is 14.4. The normalized spacial score (nSPS) is 13.4. The predicted octanol–water partition coefficient (Wildman–Crippen LogP) is 3.59. The molecule has 11 heteroatoms. The van der Waals surface area contributed by atoms with Gasteiger partial charge in [0.15, 0.2) is 6.29 Å². The zero-order valence-electron chi connectivity index (χ0n) is 20.0. The Morgan fingerprint density at radius 1 is 1.12 bits per heavy atom. The number of aromatic nitrogens is 2. The van der Waals surface area contributed by atoms with Crippen LogP contribution in [0, 0.1) is 5.92 Å². The molecule has 190 valence electrons. The highest BCUT2D eigenvalue weighted by molar-refractivity contribution is 5.58. The van der Waals surface area contributed by atoms with Gasteiger partial charge in [0.25, 0.3) is 6.43 Å². The van der Waals surface area contributed by atoms with Gasteiger partial charge in [-0.25, -0.2) is 8.78 Å². The van der Waals surface area contributed by atoms with Crippen LogP contribution in [0.3, 0.4) is 0 Å². The number of carbonyl (C=O) groups is 2. The lowest BCUT2D eigenvalue weighted by Gasteiger charge is -2.26. The molecule has 0 amide bonds. The zero-order chi connectivity index (χ0) is 25.2. The molecule has 0 radical (unpaired) electrons. The van der Waals surface area contributed by atoms with E-state index in [2.05, 4.69) is 25.7 Å². The van der Waals surface area contributed by atoms with Gasteiger partial charge in [-0.2, -0.15) is 0 Å². The molecule has 0 atom stereocenters. The van der Waals surface area contributed by atoms with E-state index in [0.29, 0.717) is 24.2 Å². The molecule has 1 aromatic carbocycles. The van der Waals surface area contributed by atoms with Crippen molar-refractivity contribution in [1.29, 1.82) is 0 Å². The number of hydrogen-bond donors (Lipinski definition) is 2. The van der Waals surface area contributed by atoms with Crippen molar-refractivity contribution in [3.05, 3.63) is 24.3 Å². The standard InChI is InChI=1S/C16H23N5O2.C5H10O.C2H2F2O/c1-17-14-5-3-13(4-6-14)15-19-20-16(23-15)18-7-2-8-21-9-11-22-12-10-21;1-5(2)3-4-6;3-2(4)1-5/h3-6,17H,2,7-12H2,1H3,(H,18,20);4-5H,3H2,1-2H3;1-2H. The third kappa shape index (κ3) is 12.9. The van der Waals surface area contributed by atoms with Crippen molar-refractivity contribution in [2.75, 3.05) is 57.1 Å². The van der Waals surface area contributed by atoms with Gasteiger partial charge in [0.2, 0.25) is 5.89 Å². The molecule has 0 spiro atoms. The van der Waals surface area contributed by atoms with Crippen LogP contribution < -0.4 is 10.6 Å². The van der Waals surface area contributed by atoms with Gasteiger partial charge in [0.1, 0.15) is 6.29 Å². The minimum atomic E-state index is -2.80. The summed E-state index contributed by atoms with van der Waals surface area (Å²) < 4.78 is 31.8. The molecule has 1 aromatic heterocycles. The number of halogens is 2. The molecular weight excluding hydrogens is 448 g/mol. The van der Waals surface area contributed by atoms with E-state index in [0.717, 1.165) is 63.4 Å². The molecule has 2 N–H and O–H groups in total. The Hall–Kier alpha value is -2.92. The fraction of sp³-hybridized carbons (Fsp3) is 0.565. The molecule has 0 aliphatic carbocycles. The summed E-state index contributed by atoms with van der Waals surface area (Å²) in [6.07, 6.45) is -0.533. The second-order valence-electron chi connectivity index (χ2n) is 7.74. The van der Waals surface area contributed by atoms with Gasteiger partial charge in [0.05, 0.1) is 13.2 Å². The molecule has 2 heterocycles. The van der Waals surface area contributed by atoms with Crippen LogP contribution in [0.4, 0.5) is 20.5 Å².